The van der Waals surface area contributed by atoms with E-state index in [0.29, 0.717) is 16.6 Å². The summed E-state index contributed by atoms with van der Waals surface area (Å²) in [6.45, 7) is 8.03. The molecule has 0 bridgehead atoms. The van der Waals surface area contributed by atoms with Crippen molar-refractivity contribution in [2.24, 2.45) is 0 Å². The van der Waals surface area contributed by atoms with E-state index in [-0.39, 0.29) is 12.1 Å². The Morgan fingerprint density at radius 3 is 2.57 bits per heavy atom. The van der Waals surface area contributed by atoms with Gasteiger partial charge in [0.1, 0.15) is 5.60 Å². The van der Waals surface area contributed by atoms with E-state index < -0.39 is 5.60 Å². The lowest BCUT2D eigenvalue weighted by molar-refractivity contribution is 0.0477. The van der Waals surface area contributed by atoms with Crippen LogP contribution in [0, 0.1) is 0 Å². The maximum atomic E-state index is 11.9. The molecule has 1 aromatic heterocycles. The topological polar surface area (TPSA) is 54.5 Å². The van der Waals surface area contributed by atoms with E-state index in [2.05, 4.69) is 37.2 Å². The van der Waals surface area contributed by atoms with Gasteiger partial charge in [-0.1, -0.05) is 23.2 Å². The van der Waals surface area contributed by atoms with Crippen LogP contribution in [0.3, 0.4) is 0 Å². The molecule has 0 atom stereocenters. The molecule has 152 valence electrons. The van der Waals surface area contributed by atoms with Gasteiger partial charge >= 0.3 is 6.09 Å². The predicted octanol–water partition coefficient (Wildman–Crippen LogP) is 5.79. The van der Waals surface area contributed by atoms with Crippen LogP contribution < -0.4 is 5.32 Å². The molecule has 0 radical (unpaired) electrons. The van der Waals surface area contributed by atoms with Gasteiger partial charge in [-0.25, -0.2) is 4.79 Å². The molecule has 1 saturated heterocycles. The smallest absolute Gasteiger partial charge is 0.407 e. The summed E-state index contributed by atoms with van der Waals surface area (Å²) in [5.74, 6) is 0. The molecule has 1 aromatic carbocycles. The van der Waals surface area contributed by atoms with Gasteiger partial charge in [-0.2, -0.15) is 0 Å². The number of hydrogen-bond acceptors (Lipinski definition) is 4. The average Bonchev–Trinajstić information content (AvgIpc) is 2.60. The Balaban J connectivity index is 1.63. The number of carbonyl (C=O) groups excluding carboxylic acids is 1. The number of piperidine rings is 1. The summed E-state index contributed by atoms with van der Waals surface area (Å²) >= 11 is 16.5. The van der Waals surface area contributed by atoms with Crippen molar-refractivity contribution in [1.82, 2.24) is 15.2 Å². The molecule has 0 aliphatic carbocycles. The number of pyridine rings is 1. The summed E-state index contributed by atoms with van der Waals surface area (Å²) in [5, 5.41) is 5.91. The summed E-state index contributed by atoms with van der Waals surface area (Å²) < 4.78 is 6.23. The molecule has 2 aromatic rings. The second-order valence-corrected chi connectivity index (χ2v) is 9.69. The average molecular weight is 489 g/mol. The molecule has 1 fully saturated rings. The van der Waals surface area contributed by atoms with Gasteiger partial charge in [0.2, 0.25) is 0 Å². The van der Waals surface area contributed by atoms with Crippen LogP contribution in [0.5, 0.6) is 0 Å². The molecule has 2 heterocycles. The van der Waals surface area contributed by atoms with Crippen molar-refractivity contribution in [3.8, 4) is 0 Å². The molecule has 1 aliphatic rings. The molecule has 5 nitrogen and oxygen atoms in total. The number of nitrogens with zero attached hydrogens (tertiary/aromatic N) is 2. The van der Waals surface area contributed by atoms with Crippen LogP contribution in [0.1, 0.15) is 39.2 Å². The second-order valence-electron chi connectivity index (χ2n) is 8.08. The normalized spacial score (nSPS) is 16.4. The molecule has 28 heavy (non-hydrogen) atoms. The fourth-order valence-corrected chi connectivity index (χ4v) is 4.26. The van der Waals surface area contributed by atoms with Gasteiger partial charge in [0, 0.05) is 53.3 Å². The number of carbonyl (C=O) groups is 1. The molecule has 0 saturated carbocycles. The number of nitrogens with one attached hydrogen (secondary N) is 1. The predicted molar refractivity (Wildman–Crippen MR) is 117 cm³/mol. The molecule has 1 aliphatic heterocycles. The number of amides is 1. The van der Waals surface area contributed by atoms with Crippen LogP contribution in [0.2, 0.25) is 10.0 Å². The number of likely N-dealkylation sites (tertiary alicyclic amines) is 1. The van der Waals surface area contributed by atoms with Crippen molar-refractivity contribution in [1.29, 1.82) is 0 Å². The van der Waals surface area contributed by atoms with Crippen molar-refractivity contribution in [3.05, 3.63) is 38.5 Å². The standard InChI is InChI=1S/C20H24BrCl2N3O2/c1-20(2,3)28-19(27)25-13-4-6-26(7-5-13)11-12-8-14-15(18(23)17(12)22)9-24-10-16(14)21/h8-10,13H,4-7,11H2,1-3H3,(H,25,27). The SMILES string of the molecule is CC(C)(C)OC(=O)NC1CCN(Cc2cc3c(Br)cncc3c(Cl)c2Cl)CC1. The van der Waals surface area contributed by atoms with Gasteiger partial charge in [0.25, 0.3) is 0 Å². The maximum absolute atomic E-state index is 11.9. The maximum Gasteiger partial charge on any atom is 0.407 e. The Morgan fingerprint density at radius 2 is 1.93 bits per heavy atom. The molecule has 0 unspecified atom stereocenters. The molecule has 8 heteroatoms. The number of hydrogen-bond donors (Lipinski definition) is 1. The summed E-state index contributed by atoms with van der Waals surface area (Å²) in [4.78, 5) is 18.4. The van der Waals surface area contributed by atoms with E-state index in [0.717, 1.165) is 46.7 Å². The first-order chi connectivity index (χ1) is 13.1. The molecular formula is C20H24BrCl2N3O2. The van der Waals surface area contributed by atoms with Gasteiger partial charge < -0.3 is 10.1 Å². The Labute approximate surface area is 183 Å². The lowest BCUT2D eigenvalue weighted by atomic mass is 10.0. The highest BCUT2D eigenvalue weighted by Crippen LogP contribution is 2.37. The molecule has 1 N–H and O–H groups in total. The lowest BCUT2D eigenvalue weighted by Crippen LogP contribution is -2.45. The number of benzene rings is 1. The highest BCUT2D eigenvalue weighted by Gasteiger charge is 2.24. The molecule has 3 rings (SSSR count). The van der Waals surface area contributed by atoms with Gasteiger partial charge in [0.05, 0.1) is 10.0 Å². The first-order valence-electron chi connectivity index (χ1n) is 9.26. The van der Waals surface area contributed by atoms with Crippen molar-refractivity contribution >= 4 is 56.0 Å². The highest BCUT2D eigenvalue weighted by molar-refractivity contribution is 9.10. The largest absolute Gasteiger partial charge is 0.444 e. The van der Waals surface area contributed by atoms with Crippen LogP contribution in [-0.4, -0.2) is 40.7 Å². The van der Waals surface area contributed by atoms with Crippen LogP contribution >= 0.6 is 39.1 Å². The highest BCUT2D eigenvalue weighted by atomic mass is 79.9. The minimum absolute atomic E-state index is 0.127. The zero-order chi connectivity index (χ0) is 20.5. The van der Waals surface area contributed by atoms with Crippen LogP contribution in [0.25, 0.3) is 10.8 Å². The van der Waals surface area contributed by atoms with Gasteiger partial charge in [0.15, 0.2) is 0 Å². The summed E-state index contributed by atoms with van der Waals surface area (Å²) in [7, 11) is 0. The number of fused-ring (bicyclic) bond motifs is 1. The van der Waals surface area contributed by atoms with Crippen LogP contribution in [0.15, 0.2) is 22.9 Å². The third kappa shape index (κ3) is 5.29. The van der Waals surface area contributed by atoms with Gasteiger partial charge in [-0.3, -0.25) is 9.88 Å². The second kappa shape index (κ2) is 8.74. The number of ether oxygens (including phenoxy) is 1. The molecule has 1 amide bonds. The quantitative estimate of drug-likeness (QED) is 0.593. The monoisotopic (exact) mass is 487 g/mol. The third-order valence-electron chi connectivity index (χ3n) is 4.67. The van der Waals surface area contributed by atoms with Crippen molar-refractivity contribution in [2.45, 2.75) is 51.8 Å². The van der Waals surface area contributed by atoms with E-state index in [1.165, 1.54) is 0 Å². The Morgan fingerprint density at radius 1 is 1.25 bits per heavy atom. The minimum atomic E-state index is -0.485. The number of alkyl carbamates (subject to hydrolysis) is 1. The van der Waals surface area contributed by atoms with E-state index in [9.17, 15) is 4.79 Å². The van der Waals surface area contributed by atoms with E-state index in [1.54, 1.807) is 12.4 Å². The number of aromatic nitrogens is 1. The van der Waals surface area contributed by atoms with E-state index in [1.807, 2.05) is 20.8 Å². The van der Waals surface area contributed by atoms with Crippen molar-refractivity contribution in [3.63, 3.8) is 0 Å². The zero-order valence-corrected chi connectivity index (χ0v) is 19.3. The number of rotatable bonds is 3. The number of halogens is 3. The van der Waals surface area contributed by atoms with Gasteiger partial charge in [-0.15, -0.1) is 0 Å². The first-order valence-corrected chi connectivity index (χ1v) is 10.8. The summed E-state index contributed by atoms with van der Waals surface area (Å²) in [6.07, 6.45) is 4.86. The Kier molecular flexibility index (Phi) is 6.75. The minimum Gasteiger partial charge on any atom is -0.444 e. The zero-order valence-electron chi connectivity index (χ0n) is 16.2. The summed E-state index contributed by atoms with van der Waals surface area (Å²) in [6, 6.07) is 2.20. The molecular weight excluding hydrogens is 465 g/mol. The van der Waals surface area contributed by atoms with E-state index in [4.69, 9.17) is 27.9 Å². The van der Waals surface area contributed by atoms with Crippen molar-refractivity contribution in [2.75, 3.05) is 13.1 Å². The third-order valence-corrected chi connectivity index (χ3v) is 6.22. The van der Waals surface area contributed by atoms with Crippen LogP contribution in [0.4, 0.5) is 4.79 Å². The fraction of sp³-hybridized carbons (Fsp3) is 0.500. The van der Waals surface area contributed by atoms with Crippen LogP contribution in [-0.2, 0) is 11.3 Å². The fourth-order valence-electron chi connectivity index (χ4n) is 3.33. The first kappa shape index (κ1) is 21.6. The Bertz CT molecular complexity index is 878. The lowest BCUT2D eigenvalue weighted by Gasteiger charge is -2.33. The summed E-state index contributed by atoms with van der Waals surface area (Å²) in [5.41, 5.74) is 0.505. The van der Waals surface area contributed by atoms with Crippen molar-refractivity contribution < 1.29 is 9.53 Å². The van der Waals surface area contributed by atoms with Gasteiger partial charge in [-0.05, 0) is 61.2 Å². The van der Waals surface area contributed by atoms with E-state index >= 15 is 0 Å². The molecule has 0 spiro atoms. The Hall–Kier alpha value is -1.08.